The number of aldehydes is 1. The first-order valence-electron chi connectivity index (χ1n) is 5.32. The topological polar surface area (TPSA) is 46.6 Å². The Hall–Kier alpha value is -1.06. The van der Waals surface area contributed by atoms with Crippen molar-refractivity contribution in [3.63, 3.8) is 0 Å². The van der Waals surface area contributed by atoms with Crippen molar-refractivity contribution < 1.29 is 14.3 Å². The van der Waals surface area contributed by atoms with Crippen LogP contribution < -0.4 is 0 Å². The molecule has 4 nitrogen and oxygen atoms in total. The van der Waals surface area contributed by atoms with Crippen LogP contribution in [0.1, 0.15) is 40.5 Å². The standard InChI is InChI=1S/C11H19NO3/c1-8-5-6-9(7-13)12(8)10(14)15-11(2,3)4/h7-9H,5-6H2,1-4H3/t8-,9+/m0/s1. The number of carbonyl (C=O) groups is 2. The number of carbonyl (C=O) groups excluding carboxylic acids is 2. The van der Waals surface area contributed by atoms with Gasteiger partial charge in [0, 0.05) is 6.04 Å². The molecule has 0 aromatic carbocycles. The third kappa shape index (κ3) is 2.94. The van der Waals surface area contributed by atoms with Crippen molar-refractivity contribution in [3.05, 3.63) is 0 Å². The van der Waals surface area contributed by atoms with Gasteiger partial charge < -0.3 is 9.53 Å². The monoisotopic (exact) mass is 213 g/mol. The Bertz CT molecular complexity index is 257. The first-order chi connectivity index (χ1) is 6.85. The molecule has 0 saturated carbocycles. The lowest BCUT2D eigenvalue weighted by molar-refractivity contribution is -0.112. The maximum Gasteiger partial charge on any atom is 0.411 e. The normalized spacial score (nSPS) is 26.5. The van der Waals surface area contributed by atoms with Crippen molar-refractivity contribution in [2.75, 3.05) is 0 Å². The highest BCUT2D eigenvalue weighted by molar-refractivity contribution is 5.74. The van der Waals surface area contributed by atoms with E-state index in [1.807, 2.05) is 27.7 Å². The van der Waals surface area contributed by atoms with Crippen LogP contribution in [0.5, 0.6) is 0 Å². The van der Waals surface area contributed by atoms with E-state index >= 15 is 0 Å². The molecule has 0 radical (unpaired) electrons. The van der Waals surface area contributed by atoms with Crippen LogP contribution in [0.25, 0.3) is 0 Å². The third-order valence-electron chi connectivity index (χ3n) is 2.47. The molecule has 1 heterocycles. The fourth-order valence-corrected chi connectivity index (χ4v) is 1.78. The van der Waals surface area contributed by atoms with Crippen LogP contribution in [-0.2, 0) is 9.53 Å². The zero-order valence-electron chi connectivity index (χ0n) is 9.82. The lowest BCUT2D eigenvalue weighted by atomic mass is 10.2. The molecule has 0 N–H and O–H groups in total. The van der Waals surface area contributed by atoms with Gasteiger partial charge in [0.05, 0.1) is 6.04 Å². The van der Waals surface area contributed by atoms with Crippen LogP contribution in [0.3, 0.4) is 0 Å². The third-order valence-corrected chi connectivity index (χ3v) is 2.47. The number of hydrogen-bond acceptors (Lipinski definition) is 3. The van der Waals surface area contributed by atoms with Crippen LogP contribution in [0, 0.1) is 0 Å². The Morgan fingerprint density at radius 3 is 2.47 bits per heavy atom. The highest BCUT2D eigenvalue weighted by Crippen LogP contribution is 2.24. The van der Waals surface area contributed by atoms with Crippen molar-refractivity contribution in [3.8, 4) is 0 Å². The summed E-state index contributed by atoms with van der Waals surface area (Å²) >= 11 is 0. The fraction of sp³-hybridized carbons (Fsp3) is 0.818. The summed E-state index contributed by atoms with van der Waals surface area (Å²) in [4.78, 5) is 24.1. The first-order valence-corrected chi connectivity index (χ1v) is 5.32. The maximum atomic E-state index is 11.8. The summed E-state index contributed by atoms with van der Waals surface area (Å²) in [5.74, 6) is 0. The van der Waals surface area contributed by atoms with E-state index in [-0.39, 0.29) is 18.2 Å². The van der Waals surface area contributed by atoms with Gasteiger partial charge in [0.25, 0.3) is 0 Å². The second-order valence-electron chi connectivity index (χ2n) is 5.02. The smallest absolute Gasteiger partial charge is 0.411 e. The van der Waals surface area contributed by atoms with Gasteiger partial charge in [-0.25, -0.2) is 4.79 Å². The van der Waals surface area contributed by atoms with Crippen LogP contribution in [0.4, 0.5) is 4.79 Å². The first kappa shape index (κ1) is 12.0. The Kier molecular flexibility index (Phi) is 3.37. The minimum absolute atomic E-state index is 0.0926. The van der Waals surface area contributed by atoms with Gasteiger partial charge >= 0.3 is 6.09 Å². The number of hydrogen-bond donors (Lipinski definition) is 0. The SMILES string of the molecule is C[C@H]1CC[C@H](C=O)N1C(=O)OC(C)(C)C. The molecular weight excluding hydrogens is 194 g/mol. The predicted octanol–water partition coefficient (Wildman–Crippen LogP) is 1.97. The molecule has 0 aromatic rings. The van der Waals surface area contributed by atoms with Gasteiger partial charge in [-0.15, -0.1) is 0 Å². The molecule has 0 aromatic heterocycles. The van der Waals surface area contributed by atoms with Gasteiger partial charge in [0.2, 0.25) is 0 Å². The van der Waals surface area contributed by atoms with Crippen molar-refractivity contribution in [2.45, 2.75) is 58.2 Å². The zero-order valence-corrected chi connectivity index (χ0v) is 9.82. The molecule has 0 unspecified atom stereocenters. The average Bonchev–Trinajstić information content (AvgIpc) is 2.43. The van der Waals surface area contributed by atoms with E-state index in [1.54, 1.807) is 0 Å². The minimum atomic E-state index is -0.507. The van der Waals surface area contributed by atoms with E-state index in [1.165, 1.54) is 4.90 Å². The molecule has 1 amide bonds. The second kappa shape index (κ2) is 4.21. The second-order valence-corrected chi connectivity index (χ2v) is 5.02. The lowest BCUT2D eigenvalue weighted by Gasteiger charge is -2.29. The van der Waals surface area contributed by atoms with Crippen molar-refractivity contribution in [1.29, 1.82) is 0 Å². The van der Waals surface area contributed by atoms with Gasteiger partial charge in [-0.1, -0.05) is 0 Å². The van der Waals surface area contributed by atoms with Gasteiger partial charge in [0.15, 0.2) is 0 Å². The van der Waals surface area contributed by atoms with E-state index in [4.69, 9.17) is 4.74 Å². The van der Waals surface area contributed by atoms with Gasteiger partial charge in [-0.2, -0.15) is 0 Å². The van der Waals surface area contributed by atoms with E-state index < -0.39 is 5.60 Å². The van der Waals surface area contributed by atoms with E-state index in [0.717, 1.165) is 19.1 Å². The molecule has 1 fully saturated rings. The van der Waals surface area contributed by atoms with Crippen LogP contribution in [0.2, 0.25) is 0 Å². The van der Waals surface area contributed by atoms with Gasteiger partial charge in [-0.05, 0) is 40.5 Å². The van der Waals surface area contributed by atoms with Crippen LogP contribution >= 0.6 is 0 Å². The van der Waals surface area contributed by atoms with E-state index in [2.05, 4.69) is 0 Å². The van der Waals surface area contributed by atoms with Crippen molar-refractivity contribution in [2.24, 2.45) is 0 Å². The fourth-order valence-electron chi connectivity index (χ4n) is 1.78. The zero-order chi connectivity index (χ0) is 11.6. The largest absolute Gasteiger partial charge is 0.444 e. The summed E-state index contributed by atoms with van der Waals surface area (Å²) in [5, 5.41) is 0. The molecule has 0 bridgehead atoms. The van der Waals surface area contributed by atoms with E-state index in [9.17, 15) is 9.59 Å². The van der Waals surface area contributed by atoms with Gasteiger partial charge in [-0.3, -0.25) is 4.90 Å². The van der Waals surface area contributed by atoms with Crippen LogP contribution in [0.15, 0.2) is 0 Å². The molecule has 86 valence electrons. The highest BCUT2D eigenvalue weighted by atomic mass is 16.6. The summed E-state index contributed by atoms with van der Waals surface area (Å²) in [6, 6.07) is -0.218. The maximum absolute atomic E-state index is 11.8. The Labute approximate surface area is 90.6 Å². The Balaban J connectivity index is 2.68. The predicted molar refractivity (Wildman–Crippen MR) is 56.6 cm³/mol. The minimum Gasteiger partial charge on any atom is -0.444 e. The van der Waals surface area contributed by atoms with Crippen molar-refractivity contribution in [1.82, 2.24) is 4.90 Å². The number of ether oxygens (including phenoxy) is 1. The summed E-state index contributed by atoms with van der Waals surface area (Å²) in [6.07, 6.45) is 2.05. The molecule has 1 rings (SSSR count). The highest BCUT2D eigenvalue weighted by Gasteiger charge is 2.36. The summed E-state index contributed by atoms with van der Waals surface area (Å²) in [7, 11) is 0. The summed E-state index contributed by atoms with van der Waals surface area (Å²) < 4.78 is 5.25. The van der Waals surface area contributed by atoms with E-state index in [0.29, 0.717) is 0 Å². The van der Waals surface area contributed by atoms with Gasteiger partial charge in [0.1, 0.15) is 11.9 Å². The quantitative estimate of drug-likeness (QED) is 0.626. The lowest BCUT2D eigenvalue weighted by Crippen LogP contribution is -2.43. The molecular formula is C11H19NO3. The molecule has 15 heavy (non-hydrogen) atoms. The molecule has 4 heteroatoms. The average molecular weight is 213 g/mol. The molecule has 1 aliphatic rings. The number of nitrogens with zero attached hydrogens (tertiary/aromatic N) is 1. The molecule has 0 aliphatic carbocycles. The van der Waals surface area contributed by atoms with Crippen LogP contribution in [-0.4, -0.2) is 35.0 Å². The Morgan fingerprint density at radius 2 is 2.00 bits per heavy atom. The molecule has 1 saturated heterocycles. The molecule has 2 atom stereocenters. The van der Waals surface area contributed by atoms with Crippen molar-refractivity contribution >= 4 is 12.4 Å². The number of likely N-dealkylation sites (tertiary alicyclic amines) is 1. The molecule has 1 aliphatic heterocycles. The molecule has 0 spiro atoms. The Morgan fingerprint density at radius 1 is 1.40 bits per heavy atom. The summed E-state index contributed by atoms with van der Waals surface area (Å²) in [5.41, 5.74) is -0.507. The number of rotatable bonds is 1. The summed E-state index contributed by atoms with van der Waals surface area (Å²) in [6.45, 7) is 7.40. The number of amides is 1.